The number of oxazole rings is 1. The maximum atomic E-state index is 16.0. The molecule has 1 aliphatic heterocycles. The zero-order chi connectivity index (χ0) is 75.3. The lowest BCUT2D eigenvalue weighted by atomic mass is 9.92. The molecule has 1 saturated carbocycles. The van der Waals surface area contributed by atoms with Gasteiger partial charge in [-0.15, -0.1) is 0 Å². The van der Waals surface area contributed by atoms with E-state index in [1.54, 1.807) is 91.1 Å². The number of aromatic amines is 1. The number of Topliss-reactive ketones (excluding diaryl/α,β-unsaturated/α-hetero) is 1. The number of aliphatic imine (C=N–C) groups is 1. The van der Waals surface area contributed by atoms with Crippen molar-refractivity contribution in [1.29, 1.82) is 0 Å². The summed E-state index contributed by atoms with van der Waals surface area (Å²) in [4.78, 5) is 163. The molecular weight excluding hydrogens is 1370 g/mol. The van der Waals surface area contributed by atoms with Crippen LogP contribution in [0.4, 0.5) is 0 Å². The summed E-state index contributed by atoms with van der Waals surface area (Å²) in [5.41, 5.74) is 20.8. The van der Waals surface area contributed by atoms with E-state index in [9.17, 15) is 29.4 Å². The van der Waals surface area contributed by atoms with Crippen molar-refractivity contribution in [2.24, 2.45) is 22.2 Å². The number of carbonyl (C=O) groups is 10. The lowest BCUT2D eigenvalue weighted by molar-refractivity contribution is -0.148. The van der Waals surface area contributed by atoms with Crippen LogP contribution in [0.1, 0.15) is 106 Å². The number of phenolic OH excluding ortho intramolecular Hbond substituents is 1. The van der Waals surface area contributed by atoms with Gasteiger partial charge in [0, 0.05) is 87.3 Å². The number of aliphatic hydroxyl groups excluding tert-OH is 1. The number of ketones is 1. The van der Waals surface area contributed by atoms with Crippen LogP contribution in [0.3, 0.4) is 0 Å². The van der Waals surface area contributed by atoms with Crippen molar-refractivity contribution in [3.8, 4) is 5.75 Å². The highest BCUT2D eigenvalue weighted by Crippen LogP contribution is 2.29. The number of halogens is 1. The number of rotatable bonds is 35. The molecule has 2 aliphatic rings. The first kappa shape index (κ1) is 78.4. The summed E-state index contributed by atoms with van der Waals surface area (Å²) < 4.78 is 6.19. The van der Waals surface area contributed by atoms with Gasteiger partial charge in [0.15, 0.2) is 23.2 Å². The zero-order valence-corrected chi connectivity index (χ0v) is 59.9. The van der Waals surface area contributed by atoms with Gasteiger partial charge in [0.1, 0.15) is 59.6 Å². The minimum Gasteiger partial charge on any atom is -0.508 e. The second-order valence-electron chi connectivity index (χ2n) is 26.8. The minimum absolute atomic E-state index is 0.0242. The van der Waals surface area contributed by atoms with Gasteiger partial charge in [-0.25, -0.2) is 4.98 Å². The summed E-state index contributed by atoms with van der Waals surface area (Å²) in [5.74, 6) is -7.35. The van der Waals surface area contributed by atoms with E-state index < -0.39 is 120 Å². The van der Waals surface area contributed by atoms with Gasteiger partial charge in [0.25, 0.3) is 0 Å². The van der Waals surface area contributed by atoms with E-state index in [4.69, 9.17) is 33.2 Å². The van der Waals surface area contributed by atoms with Crippen molar-refractivity contribution in [3.05, 3.63) is 167 Å². The smallest absolute Gasteiger partial charge is 0.246 e. The molecule has 15 N–H and O–H groups in total. The molecule has 558 valence electrons. The average molecular weight is 1460 g/mol. The summed E-state index contributed by atoms with van der Waals surface area (Å²) in [6.07, 6.45) is 5.17. The molecule has 7 aromatic rings. The van der Waals surface area contributed by atoms with Crippen LogP contribution in [0.25, 0.3) is 22.0 Å². The molecular formula is C76H94ClN15O13. The number of aromatic hydroxyl groups is 1. The fraction of sp³-hybridized carbons (Fsp3) is 0.421. The van der Waals surface area contributed by atoms with Crippen LogP contribution in [-0.2, 0) is 80.0 Å². The fourth-order valence-corrected chi connectivity index (χ4v) is 13.8. The molecule has 0 unspecified atom stereocenters. The highest BCUT2D eigenvalue weighted by molar-refractivity contribution is 6.30. The molecule has 9 rings (SSSR count). The number of guanidine groups is 1. The maximum absolute atomic E-state index is 16.0. The van der Waals surface area contributed by atoms with Gasteiger partial charge in [-0.1, -0.05) is 116 Å². The van der Waals surface area contributed by atoms with Crippen molar-refractivity contribution in [2.75, 3.05) is 33.3 Å². The Morgan fingerprint density at radius 3 is 1.86 bits per heavy atom. The number of hydrogen-bond acceptors (Lipinski definition) is 16. The Morgan fingerprint density at radius 2 is 1.23 bits per heavy atom. The highest BCUT2D eigenvalue weighted by atomic mass is 35.5. The molecule has 1 saturated heterocycles. The number of hydrogen-bond donors (Lipinski definition) is 12. The van der Waals surface area contributed by atoms with Crippen molar-refractivity contribution in [1.82, 2.24) is 56.6 Å². The molecule has 3 heterocycles. The number of H-pyrrole nitrogens is 1. The maximum Gasteiger partial charge on any atom is 0.246 e. The van der Waals surface area contributed by atoms with E-state index in [2.05, 4.69) is 46.9 Å². The number of benzene rings is 5. The summed E-state index contributed by atoms with van der Waals surface area (Å²) in [6, 6.07) is 22.5. The molecule has 2 aromatic heterocycles. The second-order valence-corrected chi connectivity index (χ2v) is 27.2. The van der Waals surface area contributed by atoms with Crippen molar-refractivity contribution in [3.63, 3.8) is 0 Å². The number of aliphatic hydroxyl groups is 1. The van der Waals surface area contributed by atoms with E-state index in [-0.39, 0.29) is 94.4 Å². The zero-order valence-electron chi connectivity index (χ0n) is 59.1. The Bertz CT molecular complexity index is 4170. The Balaban J connectivity index is 1.02. The number of amides is 9. The van der Waals surface area contributed by atoms with E-state index in [1.165, 1.54) is 55.0 Å². The van der Waals surface area contributed by atoms with E-state index >= 15 is 28.8 Å². The van der Waals surface area contributed by atoms with E-state index in [0.29, 0.717) is 82.2 Å². The number of phenols is 1. The molecule has 1 aliphatic carbocycles. The number of likely N-dealkylation sites (N-methyl/N-ethyl adjacent to an activating group) is 1. The van der Waals surface area contributed by atoms with E-state index in [1.807, 2.05) is 18.2 Å². The molecule has 0 radical (unpaired) electrons. The quantitative estimate of drug-likeness (QED) is 0.0154. The third-order valence-corrected chi connectivity index (χ3v) is 19.4. The van der Waals surface area contributed by atoms with Gasteiger partial charge in [-0.3, -0.25) is 52.9 Å². The molecule has 5 aromatic carbocycles. The number of likely N-dealkylation sites (tertiary alicyclic amines) is 1. The van der Waals surface area contributed by atoms with Crippen LogP contribution in [0.2, 0.25) is 5.02 Å². The van der Waals surface area contributed by atoms with Crippen LogP contribution in [0.15, 0.2) is 143 Å². The van der Waals surface area contributed by atoms with Gasteiger partial charge < -0.3 is 83.4 Å². The largest absolute Gasteiger partial charge is 0.508 e. The Hall–Kier alpha value is -10.7. The first-order chi connectivity index (χ1) is 50.5. The highest BCUT2D eigenvalue weighted by Gasteiger charge is 2.43. The average Bonchev–Trinajstić information content (AvgIpc) is 1.79. The fourth-order valence-electron chi connectivity index (χ4n) is 13.7. The third kappa shape index (κ3) is 21.5. The number of nitrogens with one attached hydrogen (secondary N) is 7. The predicted octanol–water partition coefficient (Wildman–Crippen LogP) is 3.44. The van der Waals surface area contributed by atoms with Crippen LogP contribution >= 0.6 is 11.6 Å². The normalized spacial score (nSPS) is 16.1. The number of fused-ring (bicyclic) bond motifs is 2. The third-order valence-electron chi connectivity index (χ3n) is 19.2. The predicted molar refractivity (Wildman–Crippen MR) is 394 cm³/mol. The van der Waals surface area contributed by atoms with Crippen LogP contribution in [-0.4, -0.2) is 193 Å². The molecule has 28 nitrogen and oxygen atoms in total. The lowest BCUT2D eigenvalue weighted by Crippen LogP contribution is -2.63. The van der Waals surface area contributed by atoms with Crippen molar-refractivity contribution >= 4 is 98.5 Å². The molecule has 0 bridgehead atoms. The summed E-state index contributed by atoms with van der Waals surface area (Å²) in [6.45, 7) is 2.22. The first-order valence-corrected chi connectivity index (χ1v) is 35.9. The number of para-hydroxylation sites is 3. The van der Waals surface area contributed by atoms with Gasteiger partial charge >= 0.3 is 0 Å². The molecule has 0 spiro atoms. The Kier molecular flexibility index (Phi) is 28.1. The van der Waals surface area contributed by atoms with Gasteiger partial charge in [-0.2, -0.15) is 0 Å². The van der Waals surface area contributed by atoms with Crippen LogP contribution in [0.5, 0.6) is 5.75 Å². The topological polar surface area (TPSA) is 425 Å². The summed E-state index contributed by atoms with van der Waals surface area (Å²) in [7, 11) is 1.24. The summed E-state index contributed by atoms with van der Waals surface area (Å²) >= 11 is 6.27. The van der Waals surface area contributed by atoms with Crippen LogP contribution in [0, 0.1) is 0 Å². The molecule has 105 heavy (non-hydrogen) atoms. The number of carbonyl (C=O) groups excluding carboxylic acids is 10. The van der Waals surface area contributed by atoms with Gasteiger partial charge in [-0.05, 0) is 117 Å². The first-order valence-electron chi connectivity index (χ1n) is 35.5. The monoisotopic (exact) mass is 1460 g/mol. The van der Waals surface area contributed by atoms with Crippen molar-refractivity contribution < 1.29 is 62.6 Å². The Morgan fingerprint density at radius 1 is 0.657 bits per heavy atom. The van der Waals surface area contributed by atoms with Crippen molar-refractivity contribution in [2.45, 2.75) is 171 Å². The number of aromatic nitrogens is 2. The number of nitrogens with zero attached hydrogens (tertiary/aromatic N) is 5. The molecule has 2 fully saturated rings. The molecule has 9 amide bonds. The Labute approximate surface area is 613 Å². The standard InChI is InChI=1S/C76H94ClN15O13/c1-45(68(97)85-57(23-14-36-81-76(79)80)74(103)91-37-15-24-63(91)65(96)34-35-78)92(52-18-8-5-9-19-52)75(104)62(42-67-84-56-22-12-13-25-66(56)105-67)89-71(100)60(40-49-28-32-53(95)33-29-49)87-72(101)64(44-93)90(3)73(102)61(41-50-43-82-55-21-11-10-20-54(50)55)88-70(99)59(39-48-26-30-51(77)31-27-48)86-69(98)58(83-46(2)94)38-47-16-6-4-7-17-47/h4,6-7,10-13,16-17,20-22,25-33,43,45,52,57-64,82,93,95H,5,8-9,14-15,18-19,23-24,34-42,44,78H2,1-3H3,(H,83,94)(H,85,97)(H,86,98)(H,87,101)(H,88,99)(H,89,100)(H4,79,80,81)/t45-,57-,58-,59+,60-,61+,62+,63-,64-/m0/s1. The summed E-state index contributed by atoms with van der Waals surface area (Å²) in [5, 5.41) is 39.7. The lowest BCUT2D eigenvalue weighted by Gasteiger charge is -2.40. The van der Waals surface area contributed by atoms with Gasteiger partial charge in [0.05, 0.1) is 19.1 Å². The number of nitrogens with two attached hydrogens (primary N) is 3. The minimum atomic E-state index is -1.78. The van der Waals surface area contributed by atoms with E-state index in [0.717, 1.165) is 16.9 Å². The molecule has 9 atom stereocenters. The second kappa shape index (κ2) is 37.6. The molecule has 29 heteroatoms. The van der Waals surface area contributed by atoms with Gasteiger partial charge in [0.2, 0.25) is 53.2 Å². The van der Waals surface area contributed by atoms with Crippen LogP contribution < -0.4 is 49.1 Å². The SMILES string of the molecule is CC(=O)N[C@@H](Cc1ccccc1)C(=O)N[C@H](Cc1ccc(Cl)cc1)C(=O)N[C@H](Cc1c[nH]c2ccccc12)C(=O)N(C)[C@@H](CO)C(=O)N[C@@H](Cc1ccc(O)cc1)C(=O)N[C@H](Cc1nc2ccccc2o1)C(=O)N(C1CCCCC1)[C@@H](C)C(=O)N[C@@H](CCCN=C(N)N)C(=O)N1CCC[C@H]1C(=O)CCN.